The van der Waals surface area contributed by atoms with Crippen molar-refractivity contribution in [2.75, 3.05) is 6.54 Å². The molecular weight excluding hydrogens is 300 g/mol. The van der Waals surface area contributed by atoms with Crippen molar-refractivity contribution in [2.45, 2.75) is 20.3 Å². The number of carbonyl (C=O) groups excluding carboxylic acids is 1. The van der Waals surface area contributed by atoms with Gasteiger partial charge in [0.2, 0.25) is 0 Å². The molecule has 0 saturated heterocycles. The summed E-state index contributed by atoms with van der Waals surface area (Å²) in [5.41, 5.74) is 0.863. The zero-order chi connectivity index (χ0) is 13.1. The van der Waals surface area contributed by atoms with Gasteiger partial charge in [-0.3, -0.25) is 4.79 Å². The fourth-order valence-electron chi connectivity index (χ4n) is 1.62. The first-order chi connectivity index (χ1) is 8.56. The lowest BCUT2D eigenvalue weighted by Crippen LogP contribution is -2.25. The molecule has 1 amide bonds. The zero-order valence-corrected chi connectivity index (χ0v) is 11.7. The Bertz CT molecular complexity index is 559. The van der Waals surface area contributed by atoms with Gasteiger partial charge in [-0.25, -0.2) is 4.98 Å². The molecule has 0 aromatic carbocycles. The number of hydrogen-bond donors (Lipinski definition) is 1. The van der Waals surface area contributed by atoms with Crippen LogP contribution in [0.25, 0.3) is 0 Å². The van der Waals surface area contributed by atoms with Crippen molar-refractivity contribution >= 4 is 21.8 Å². The number of aromatic nitrogens is 1. The zero-order valence-electron chi connectivity index (χ0n) is 10.1. The van der Waals surface area contributed by atoms with E-state index in [1.54, 1.807) is 19.1 Å². The van der Waals surface area contributed by atoms with Crippen LogP contribution in [0.2, 0.25) is 0 Å². The van der Waals surface area contributed by atoms with Crippen molar-refractivity contribution in [1.29, 1.82) is 0 Å². The Morgan fingerprint density at radius 2 is 2.17 bits per heavy atom. The van der Waals surface area contributed by atoms with Gasteiger partial charge in [0, 0.05) is 19.9 Å². The molecule has 0 saturated carbocycles. The van der Waals surface area contributed by atoms with Gasteiger partial charge in [0.1, 0.15) is 5.76 Å². The molecule has 6 heteroatoms. The van der Waals surface area contributed by atoms with Gasteiger partial charge >= 0.3 is 0 Å². The second-order valence-electron chi connectivity index (χ2n) is 3.85. The standard InChI is InChI=1S/C12H13BrN2O3/c1-7-9(17-8(2)15-7)5-6-14-12(16)10-3-4-11(13)18-10/h3-4H,5-6H2,1-2H3,(H,14,16). The second-order valence-corrected chi connectivity index (χ2v) is 4.63. The molecule has 0 spiro atoms. The Morgan fingerprint density at radius 1 is 1.39 bits per heavy atom. The number of rotatable bonds is 4. The van der Waals surface area contributed by atoms with Crippen LogP contribution in [0.1, 0.15) is 27.9 Å². The minimum absolute atomic E-state index is 0.241. The molecule has 1 N–H and O–H groups in total. The number of halogens is 1. The highest BCUT2D eigenvalue weighted by Gasteiger charge is 2.11. The van der Waals surface area contributed by atoms with Crippen LogP contribution in [-0.2, 0) is 6.42 Å². The third-order valence-electron chi connectivity index (χ3n) is 2.43. The predicted molar refractivity (Wildman–Crippen MR) is 68.4 cm³/mol. The summed E-state index contributed by atoms with van der Waals surface area (Å²) >= 11 is 3.15. The summed E-state index contributed by atoms with van der Waals surface area (Å²) in [6, 6.07) is 3.29. The lowest BCUT2D eigenvalue weighted by atomic mass is 10.3. The molecule has 0 aliphatic rings. The number of oxazole rings is 1. The van der Waals surface area contributed by atoms with Gasteiger partial charge in [-0.15, -0.1) is 0 Å². The number of nitrogens with zero attached hydrogens (tertiary/aromatic N) is 1. The number of furan rings is 1. The highest BCUT2D eigenvalue weighted by molar-refractivity contribution is 9.10. The first kappa shape index (κ1) is 12.9. The van der Waals surface area contributed by atoms with E-state index < -0.39 is 0 Å². The summed E-state index contributed by atoms with van der Waals surface area (Å²) in [5.74, 6) is 1.49. The third kappa shape index (κ3) is 3.01. The van der Waals surface area contributed by atoms with Crippen LogP contribution in [0, 0.1) is 13.8 Å². The number of carbonyl (C=O) groups is 1. The normalized spacial score (nSPS) is 10.6. The van der Waals surface area contributed by atoms with Crippen molar-refractivity contribution < 1.29 is 13.6 Å². The Hall–Kier alpha value is -1.56. The van der Waals surface area contributed by atoms with E-state index in [4.69, 9.17) is 8.83 Å². The van der Waals surface area contributed by atoms with Crippen LogP contribution in [-0.4, -0.2) is 17.4 Å². The largest absolute Gasteiger partial charge is 0.446 e. The van der Waals surface area contributed by atoms with Crippen molar-refractivity contribution in [3.8, 4) is 0 Å². The molecule has 0 radical (unpaired) electrons. The molecule has 0 unspecified atom stereocenters. The number of aryl methyl sites for hydroxylation is 2. The quantitative estimate of drug-likeness (QED) is 0.942. The Labute approximate surface area is 113 Å². The Balaban J connectivity index is 1.85. The topological polar surface area (TPSA) is 68.3 Å². The van der Waals surface area contributed by atoms with Crippen LogP contribution in [0.15, 0.2) is 25.6 Å². The lowest BCUT2D eigenvalue weighted by Gasteiger charge is -2.01. The molecule has 2 rings (SSSR count). The average molecular weight is 313 g/mol. The van der Waals surface area contributed by atoms with Crippen molar-refractivity contribution in [3.05, 3.63) is 39.9 Å². The molecule has 96 valence electrons. The van der Waals surface area contributed by atoms with Crippen molar-refractivity contribution in [3.63, 3.8) is 0 Å². The van der Waals surface area contributed by atoms with E-state index >= 15 is 0 Å². The van der Waals surface area contributed by atoms with Crippen LogP contribution < -0.4 is 5.32 Å². The fourth-order valence-corrected chi connectivity index (χ4v) is 1.92. The predicted octanol–water partition coefficient (Wildman–Crippen LogP) is 2.62. The van der Waals surface area contributed by atoms with E-state index in [0.717, 1.165) is 11.5 Å². The molecular formula is C12H13BrN2O3. The number of nitrogens with one attached hydrogen (secondary N) is 1. The Kier molecular flexibility index (Phi) is 3.86. The van der Waals surface area contributed by atoms with Gasteiger partial charge in [-0.1, -0.05) is 0 Å². The van der Waals surface area contributed by atoms with Gasteiger partial charge in [-0.05, 0) is 35.0 Å². The highest BCUT2D eigenvalue weighted by Crippen LogP contribution is 2.14. The van der Waals surface area contributed by atoms with Gasteiger partial charge < -0.3 is 14.2 Å². The van der Waals surface area contributed by atoms with Gasteiger partial charge in [0.25, 0.3) is 5.91 Å². The van der Waals surface area contributed by atoms with Gasteiger partial charge in [-0.2, -0.15) is 0 Å². The van der Waals surface area contributed by atoms with Crippen LogP contribution in [0.3, 0.4) is 0 Å². The summed E-state index contributed by atoms with van der Waals surface area (Å²) < 4.78 is 11.1. The van der Waals surface area contributed by atoms with Crippen LogP contribution in [0.5, 0.6) is 0 Å². The van der Waals surface area contributed by atoms with E-state index in [-0.39, 0.29) is 11.7 Å². The SMILES string of the molecule is Cc1nc(C)c(CCNC(=O)c2ccc(Br)o2)o1. The maximum atomic E-state index is 11.7. The molecule has 18 heavy (non-hydrogen) atoms. The van der Waals surface area contributed by atoms with Crippen LogP contribution >= 0.6 is 15.9 Å². The number of hydrogen-bond acceptors (Lipinski definition) is 4. The highest BCUT2D eigenvalue weighted by atomic mass is 79.9. The maximum Gasteiger partial charge on any atom is 0.287 e. The van der Waals surface area contributed by atoms with Crippen molar-refractivity contribution in [2.24, 2.45) is 0 Å². The minimum Gasteiger partial charge on any atom is -0.446 e. The van der Waals surface area contributed by atoms with E-state index in [1.807, 2.05) is 6.92 Å². The van der Waals surface area contributed by atoms with Gasteiger partial charge in [0.15, 0.2) is 16.3 Å². The number of amides is 1. The molecule has 0 fully saturated rings. The molecule has 2 aromatic heterocycles. The average Bonchev–Trinajstić information content (AvgIpc) is 2.86. The molecule has 0 atom stereocenters. The molecule has 0 aliphatic heterocycles. The fraction of sp³-hybridized carbons (Fsp3) is 0.333. The molecule has 5 nitrogen and oxygen atoms in total. The lowest BCUT2D eigenvalue weighted by molar-refractivity contribution is 0.0924. The first-order valence-electron chi connectivity index (χ1n) is 5.52. The molecule has 2 aromatic rings. The monoisotopic (exact) mass is 312 g/mol. The first-order valence-corrected chi connectivity index (χ1v) is 6.32. The second kappa shape index (κ2) is 5.39. The van der Waals surface area contributed by atoms with E-state index in [0.29, 0.717) is 23.5 Å². The molecule has 2 heterocycles. The van der Waals surface area contributed by atoms with Crippen molar-refractivity contribution in [1.82, 2.24) is 10.3 Å². The van der Waals surface area contributed by atoms with E-state index in [9.17, 15) is 4.79 Å². The summed E-state index contributed by atoms with van der Waals surface area (Å²) in [6.07, 6.45) is 0.611. The molecule has 0 aliphatic carbocycles. The van der Waals surface area contributed by atoms with Gasteiger partial charge in [0.05, 0.1) is 5.69 Å². The smallest absolute Gasteiger partial charge is 0.287 e. The summed E-state index contributed by atoms with van der Waals surface area (Å²) in [6.45, 7) is 4.17. The summed E-state index contributed by atoms with van der Waals surface area (Å²) in [5, 5.41) is 2.76. The third-order valence-corrected chi connectivity index (χ3v) is 2.86. The summed E-state index contributed by atoms with van der Waals surface area (Å²) in [4.78, 5) is 15.8. The summed E-state index contributed by atoms with van der Waals surface area (Å²) in [7, 11) is 0. The van der Waals surface area contributed by atoms with E-state index in [2.05, 4.69) is 26.2 Å². The Morgan fingerprint density at radius 3 is 2.72 bits per heavy atom. The minimum atomic E-state index is -0.241. The van der Waals surface area contributed by atoms with Crippen LogP contribution in [0.4, 0.5) is 0 Å². The van der Waals surface area contributed by atoms with E-state index in [1.165, 1.54) is 0 Å². The maximum absolute atomic E-state index is 11.7. The molecule has 0 bridgehead atoms.